The van der Waals surface area contributed by atoms with Gasteiger partial charge in [-0.05, 0) is 18.2 Å². The Hall–Kier alpha value is -1.71. The quantitative estimate of drug-likeness (QED) is 0.493. The number of nitrogens with zero attached hydrogens (tertiary/aromatic N) is 1. The first kappa shape index (κ1) is 9.38. The van der Waals surface area contributed by atoms with E-state index in [0.717, 1.165) is 0 Å². The van der Waals surface area contributed by atoms with Gasteiger partial charge in [0.2, 0.25) is 0 Å². The molecule has 4 nitrogen and oxygen atoms in total. The van der Waals surface area contributed by atoms with Gasteiger partial charge in [-0.3, -0.25) is 4.79 Å². The van der Waals surface area contributed by atoms with Crippen molar-refractivity contribution in [3.8, 4) is 5.75 Å². The molecule has 0 heterocycles. The Balaban J connectivity index is 3.04. The summed E-state index contributed by atoms with van der Waals surface area (Å²) in [5.41, 5.74) is 6.13. The average molecular weight is 180 g/mol. The molecule has 0 spiro atoms. The number of phenolic OH excluding ortho intramolecular Hbond substituents is 1. The third-order valence-corrected chi connectivity index (χ3v) is 1.68. The predicted octanol–water partition coefficient (Wildman–Crippen LogP) is 0.676. The van der Waals surface area contributed by atoms with Gasteiger partial charge in [0.25, 0.3) is 5.91 Å². The van der Waals surface area contributed by atoms with Gasteiger partial charge in [-0.25, -0.2) is 0 Å². The number of carbonyl (C=O) groups is 1. The van der Waals surface area contributed by atoms with Crippen molar-refractivity contribution in [2.24, 2.45) is 0 Å². The number of amides is 1. The summed E-state index contributed by atoms with van der Waals surface area (Å²) in [6.45, 7) is 0. The third kappa shape index (κ3) is 1.90. The molecule has 0 fully saturated rings. The molecule has 0 aliphatic heterocycles. The second-order valence-corrected chi connectivity index (χ2v) is 2.97. The Morgan fingerprint density at radius 3 is 2.54 bits per heavy atom. The van der Waals surface area contributed by atoms with E-state index in [1.807, 2.05) is 0 Å². The Kier molecular flexibility index (Phi) is 2.41. The number of anilines is 1. The SMILES string of the molecule is CN(C)C(=O)c1ccc(O)c(N)c1. The number of rotatable bonds is 1. The van der Waals surface area contributed by atoms with Crippen LogP contribution in [-0.4, -0.2) is 30.0 Å². The highest BCUT2D eigenvalue weighted by atomic mass is 16.3. The van der Waals surface area contributed by atoms with Crippen LogP contribution in [0, 0.1) is 0 Å². The highest BCUT2D eigenvalue weighted by Gasteiger charge is 2.08. The van der Waals surface area contributed by atoms with E-state index in [0.29, 0.717) is 5.56 Å². The summed E-state index contributed by atoms with van der Waals surface area (Å²) in [5, 5.41) is 9.11. The van der Waals surface area contributed by atoms with Crippen molar-refractivity contribution in [2.75, 3.05) is 19.8 Å². The van der Waals surface area contributed by atoms with Gasteiger partial charge in [0.05, 0.1) is 5.69 Å². The first-order valence-electron chi connectivity index (χ1n) is 3.82. The van der Waals surface area contributed by atoms with Gasteiger partial charge in [-0.2, -0.15) is 0 Å². The van der Waals surface area contributed by atoms with E-state index in [2.05, 4.69) is 0 Å². The first-order chi connectivity index (χ1) is 6.02. The molecule has 70 valence electrons. The van der Waals surface area contributed by atoms with Gasteiger partial charge < -0.3 is 15.7 Å². The van der Waals surface area contributed by atoms with Crippen LogP contribution >= 0.6 is 0 Å². The number of aromatic hydroxyl groups is 1. The van der Waals surface area contributed by atoms with E-state index in [4.69, 9.17) is 10.8 Å². The van der Waals surface area contributed by atoms with Crippen LogP contribution in [0.1, 0.15) is 10.4 Å². The fourth-order valence-electron chi connectivity index (χ4n) is 0.946. The molecule has 1 aromatic rings. The summed E-state index contributed by atoms with van der Waals surface area (Å²) >= 11 is 0. The summed E-state index contributed by atoms with van der Waals surface area (Å²) in [6, 6.07) is 4.40. The molecule has 0 saturated carbocycles. The van der Waals surface area contributed by atoms with Crippen molar-refractivity contribution >= 4 is 11.6 Å². The van der Waals surface area contributed by atoms with Crippen molar-refractivity contribution in [1.82, 2.24) is 4.90 Å². The van der Waals surface area contributed by atoms with Crippen LogP contribution in [0.25, 0.3) is 0 Å². The second-order valence-electron chi connectivity index (χ2n) is 2.97. The Morgan fingerprint density at radius 1 is 1.46 bits per heavy atom. The smallest absolute Gasteiger partial charge is 0.253 e. The zero-order valence-corrected chi connectivity index (χ0v) is 7.61. The lowest BCUT2D eigenvalue weighted by Crippen LogP contribution is -2.21. The molecule has 0 aromatic heterocycles. The molecule has 0 atom stereocenters. The Morgan fingerprint density at radius 2 is 2.08 bits per heavy atom. The molecule has 0 unspecified atom stereocenters. The number of phenols is 1. The highest BCUT2D eigenvalue weighted by molar-refractivity contribution is 5.95. The topological polar surface area (TPSA) is 66.6 Å². The van der Waals surface area contributed by atoms with E-state index in [9.17, 15) is 4.79 Å². The molecule has 0 radical (unpaired) electrons. The van der Waals surface area contributed by atoms with Gasteiger partial charge in [-0.15, -0.1) is 0 Å². The van der Waals surface area contributed by atoms with Gasteiger partial charge in [-0.1, -0.05) is 0 Å². The van der Waals surface area contributed by atoms with Crippen molar-refractivity contribution < 1.29 is 9.90 Å². The number of nitrogen functional groups attached to an aromatic ring is 1. The number of hydrogen-bond donors (Lipinski definition) is 2. The maximum atomic E-state index is 11.4. The largest absolute Gasteiger partial charge is 0.506 e. The van der Waals surface area contributed by atoms with Crippen LogP contribution in [0.2, 0.25) is 0 Å². The molecule has 3 N–H and O–H groups in total. The number of carbonyl (C=O) groups excluding carboxylic acids is 1. The maximum absolute atomic E-state index is 11.4. The van der Waals surface area contributed by atoms with Gasteiger partial charge >= 0.3 is 0 Å². The molecule has 4 heteroatoms. The molecule has 1 aromatic carbocycles. The summed E-state index contributed by atoms with van der Waals surface area (Å²) in [7, 11) is 3.32. The van der Waals surface area contributed by atoms with E-state index < -0.39 is 0 Å². The monoisotopic (exact) mass is 180 g/mol. The normalized spacial score (nSPS) is 9.69. The highest BCUT2D eigenvalue weighted by Crippen LogP contribution is 2.20. The first-order valence-corrected chi connectivity index (χ1v) is 3.82. The fraction of sp³-hybridized carbons (Fsp3) is 0.222. The van der Waals surface area contributed by atoms with Gasteiger partial charge in [0.15, 0.2) is 0 Å². The van der Waals surface area contributed by atoms with Crippen LogP contribution in [0.5, 0.6) is 5.75 Å². The summed E-state index contributed by atoms with van der Waals surface area (Å²) in [6.07, 6.45) is 0. The zero-order valence-electron chi connectivity index (χ0n) is 7.61. The van der Waals surface area contributed by atoms with Crippen LogP contribution in [-0.2, 0) is 0 Å². The molecular formula is C9H12N2O2. The van der Waals surface area contributed by atoms with Crippen molar-refractivity contribution in [1.29, 1.82) is 0 Å². The van der Waals surface area contributed by atoms with Crippen molar-refractivity contribution in [3.05, 3.63) is 23.8 Å². The molecular weight excluding hydrogens is 168 g/mol. The molecule has 0 aliphatic carbocycles. The molecule has 1 amide bonds. The molecule has 0 saturated heterocycles. The maximum Gasteiger partial charge on any atom is 0.253 e. The number of hydrogen-bond acceptors (Lipinski definition) is 3. The molecule has 1 rings (SSSR count). The Labute approximate surface area is 76.6 Å². The van der Waals surface area contributed by atoms with E-state index in [1.165, 1.54) is 23.1 Å². The fourth-order valence-corrected chi connectivity index (χ4v) is 0.946. The van der Waals surface area contributed by atoms with Crippen LogP contribution < -0.4 is 5.73 Å². The van der Waals surface area contributed by atoms with Crippen LogP contribution in [0.15, 0.2) is 18.2 Å². The minimum absolute atomic E-state index is 0.00435. The van der Waals surface area contributed by atoms with Crippen LogP contribution in [0.4, 0.5) is 5.69 Å². The molecule has 0 aliphatic rings. The average Bonchev–Trinajstić information content (AvgIpc) is 2.08. The van der Waals surface area contributed by atoms with Gasteiger partial charge in [0.1, 0.15) is 5.75 Å². The summed E-state index contributed by atoms with van der Waals surface area (Å²) in [4.78, 5) is 12.8. The minimum Gasteiger partial charge on any atom is -0.506 e. The molecule has 0 bridgehead atoms. The standard InChI is InChI=1S/C9H12N2O2/c1-11(2)9(13)6-3-4-8(12)7(10)5-6/h3-5,12H,10H2,1-2H3. The van der Waals surface area contributed by atoms with Crippen molar-refractivity contribution in [3.63, 3.8) is 0 Å². The zero-order chi connectivity index (χ0) is 10.0. The lowest BCUT2D eigenvalue weighted by molar-refractivity contribution is 0.0827. The van der Waals surface area contributed by atoms with Crippen molar-refractivity contribution in [2.45, 2.75) is 0 Å². The number of benzene rings is 1. The second kappa shape index (κ2) is 3.35. The minimum atomic E-state index is -0.133. The van der Waals surface area contributed by atoms with E-state index in [-0.39, 0.29) is 17.3 Å². The summed E-state index contributed by atoms with van der Waals surface area (Å²) < 4.78 is 0. The van der Waals surface area contributed by atoms with Gasteiger partial charge in [0, 0.05) is 19.7 Å². The third-order valence-electron chi connectivity index (χ3n) is 1.68. The summed E-state index contributed by atoms with van der Waals surface area (Å²) in [5.74, 6) is -0.137. The number of nitrogens with two attached hydrogens (primary N) is 1. The lowest BCUT2D eigenvalue weighted by atomic mass is 10.1. The lowest BCUT2D eigenvalue weighted by Gasteiger charge is -2.10. The predicted molar refractivity (Wildman–Crippen MR) is 50.5 cm³/mol. The van der Waals surface area contributed by atoms with E-state index >= 15 is 0 Å². The van der Waals surface area contributed by atoms with E-state index in [1.54, 1.807) is 14.1 Å². The molecule has 13 heavy (non-hydrogen) atoms. The van der Waals surface area contributed by atoms with Crippen LogP contribution in [0.3, 0.4) is 0 Å². The Bertz CT molecular complexity index is 334.